The smallest absolute Gasteiger partial charge is 0.109 e. The Labute approximate surface area is 72.2 Å². The van der Waals surface area contributed by atoms with Crippen LogP contribution in [-0.4, -0.2) is 19.8 Å². The molecule has 1 aromatic rings. The first kappa shape index (κ1) is 7.43. The molecule has 0 radical (unpaired) electrons. The molecule has 0 bridgehead atoms. The summed E-state index contributed by atoms with van der Waals surface area (Å²) in [6.45, 7) is 0.925. The lowest BCUT2D eigenvalue weighted by Crippen LogP contribution is -2.33. The van der Waals surface area contributed by atoms with E-state index in [1.165, 1.54) is 11.4 Å². The van der Waals surface area contributed by atoms with Crippen molar-refractivity contribution in [1.29, 1.82) is 0 Å². The van der Waals surface area contributed by atoms with Gasteiger partial charge in [-0.1, -0.05) is 12.1 Å². The van der Waals surface area contributed by atoms with Gasteiger partial charge < -0.3 is 16.0 Å². The summed E-state index contributed by atoms with van der Waals surface area (Å²) in [7, 11) is 1.95. The molecule has 0 saturated heterocycles. The molecular weight excluding hydrogens is 150 g/mol. The van der Waals surface area contributed by atoms with Crippen molar-refractivity contribution >= 4 is 11.4 Å². The molecule has 0 aliphatic carbocycles. The Morgan fingerprint density at radius 2 is 1.83 bits per heavy atom. The van der Waals surface area contributed by atoms with Crippen LogP contribution in [0.1, 0.15) is 0 Å². The van der Waals surface area contributed by atoms with E-state index in [1.807, 2.05) is 19.2 Å². The summed E-state index contributed by atoms with van der Waals surface area (Å²) in [6.07, 6.45) is 0.326. The number of nitrogens with one attached hydrogen (secondary N) is 3. The van der Waals surface area contributed by atoms with Crippen molar-refractivity contribution in [1.82, 2.24) is 5.32 Å². The average Bonchev–Trinajstić information content (AvgIpc) is 2.47. The van der Waals surface area contributed by atoms with Crippen molar-refractivity contribution in [3.8, 4) is 0 Å². The van der Waals surface area contributed by atoms with E-state index < -0.39 is 0 Å². The molecule has 2 rings (SSSR count). The van der Waals surface area contributed by atoms with Gasteiger partial charge in [0.05, 0.1) is 11.4 Å². The molecule has 1 aliphatic heterocycles. The van der Waals surface area contributed by atoms with Gasteiger partial charge >= 0.3 is 0 Å². The lowest BCUT2D eigenvalue weighted by molar-refractivity contribution is 0.725. The van der Waals surface area contributed by atoms with Crippen LogP contribution in [0.2, 0.25) is 0 Å². The Bertz CT molecular complexity index is 247. The first-order valence-electron chi connectivity index (χ1n) is 4.17. The summed E-state index contributed by atoms with van der Waals surface area (Å²) in [5.74, 6) is 0. The molecule has 3 nitrogen and oxygen atoms in total. The highest BCUT2D eigenvalue weighted by Gasteiger charge is 2.16. The predicted octanol–water partition coefficient (Wildman–Crippen LogP) is 1.07. The number of rotatable bonds is 2. The summed E-state index contributed by atoms with van der Waals surface area (Å²) < 4.78 is 0. The van der Waals surface area contributed by atoms with Gasteiger partial charge in [-0.3, -0.25) is 0 Å². The maximum absolute atomic E-state index is 3.36. The normalized spacial score (nSPS) is 15.1. The maximum atomic E-state index is 3.36. The fraction of sp³-hybridized carbons (Fsp3) is 0.333. The molecule has 0 unspecified atom stereocenters. The van der Waals surface area contributed by atoms with Crippen molar-refractivity contribution in [3.05, 3.63) is 24.3 Å². The molecule has 0 fully saturated rings. The quantitative estimate of drug-likeness (QED) is 0.610. The standard InChI is InChI=1S/C9H13N3/c1-10-6-9-11-7-4-2-3-5-8(7)12-9/h2-5,9-12H,6H2,1H3. The monoisotopic (exact) mass is 163 g/mol. The number of para-hydroxylation sites is 2. The molecule has 0 saturated carbocycles. The minimum absolute atomic E-state index is 0.326. The highest BCUT2D eigenvalue weighted by molar-refractivity contribution is 5.74. The van der Waals surface area contributed by atoms with Gasteiger partial charge in [0.15, 0.2) is 0 Å². The van der Waals surface area contributed by atoms with Crippen molar-refractivity contribution in [2.75, 3.05) is 24.2 Å². The van der Waals surface area contributed by atoms with Crippen molar-refractivity contribution in [2.24, 2.45) is 0 Å². The molecule has 3 heteroatoms. The molecule has 1 aromatic carbocycles. The second-order valence-electron chi connectivity index (χ2n) is 2.94. The van der Waals surface area contributed by atoms with Gasteiger partial charge in [-0.25, -0.2) is 0 Å². The summed E-state index contributed by atoms with van der Waals surface area (Å²) in [5.41, 5.74) is 2.38. The first-order chi connectivity index (χ1) is 5.90. The predicted molar refractivity (Wildman–Crippen MR) is 51.4 cm³/mol. The summed E-state index contributed by atoms with van der Waals surface area (Å²) in [5, 5.41) is 9.84. The van der Waals surface area contributed by atoms with Gasteiger partial charge in [0.1, 0.15) is 6.17 Å². The Morgan fingerprint density at radius 3 is 2.33 bits per heavy atom. The molecule has 0 amide bonds. The van der Waals surface area contributed by atoms with E-state index in [9.17, 15) is 0 Å². The lowest BCUT2D eigenvalue weighted by Gasteiger charge is -2.10. The van der Waals surface area contributed by atoms with E-state index in [-0.39, 0.29) is 0 Å². The second-order valence-corrected chi connectivity index (χ2v) is 2.94. The molecule has 0 spiro atoms. The largest absolute Gasteiger partial charge is 0.363 e. The van der Waals surface area contributed by atoms with Crippen molar-refractivity contribution in [2.45, 2.75) is 6.17 Å². The number of hydrogen-bond acceptors (Lipinski definition) is 3. The maximum Gasteiger partial charge on any atom is 0.109 e. The van der Waals surface area contributed by atoms with Crippen LogP contribution in [0.15, 0.2) is 24.3 Å². The number of hydrogen-bond donors (Lipinski definition) is 3. The van der Waals surface area contributed by atoms with Gasteiger partial charge in [0.25, 0.3) is 0 Å². The van der Waals surface area contributed by atoms with Crippen LogP contribution in [0.4, 0.5) is 11.4 Å². The van der Waals surface area contributed by atoms with Gasteiger partial charge in [-0.15, -0.1) is 0 Å². The molecule has 12 heavy (non-hydrogen) atoms. The van der Waals surface area contributed by atoms with E-state index in [0.717, 1.165) is 6.54 Å². The fourth-order valence-corrected chi connectivity index (χ4v) is 1.45. The van der Waals surface area contributed by atoms with Crippen LogP contribution < -0.4 is 16.0 Å². The highest BCUT2D eigenvalue weighted by Crippen LogP contribution is 2.27. The van der Waals surface area contributed by atoms with E-state index in [1.54, 1.807) is 0 Å². The van der Waals surface area contributed by atoms with Crippen molar-refractivity contribution in [3.63, 3.8) is 0 Å². The number of fused-ring (bicyclic) bond motifs is 1. The van der Waals surface area contributed by atoms with Gasteiger partial charge in [-0.2, -0.15) is 0 Å². The molecule has 1 heterocycles. The number of anilines is 2. The zero-order chi connectivity index (χ0) is 8.39. The lowest BCUT2D eigenvalue weighted by atomic mass is 10.3. The fourth-order valence-electron chi connectivity index (χ4n) is 1.45. The number of likely N-dealkylation sites (N-methyl/N-ethyl adjacent to an activating group) is 1. The van der Waals surface area contributed by atoms with Crippen LogP contribution in [-0.2, 0) is 0 Å². The first-order valence-corrected chi connectivity index (χ1v) is 4.17. The number of benzene rings is 1. The third-order valence-electron chi connectivity index (χ3n) is 1.99. The SMILES string of the molecule is CNCC1Nc2ccccc2N1. The summed E-state index contributed by atoms with van der Waals surface area (Å²) in [4.78, 5) is 0. The molecule has 0 atom stereocenters. The minimum Gasteiger partial charge on any atom is -0.363 e. The van der Waals surface area contributed by atoms with Gasteiger partial charge in [0.2, 0.25) is 0 Å². The van der Waals surface area contributed by atoms with E-state index in [0.29, 0.717) is 6.17 Å². The summed E-state index contributed by atoms with van der Waals surface area (Å²) >= 11 is 0. The molecule has 64 valence electrons. The molecular formula is C9H13N3. The van der Waals surface area contributed by atoms with Gasteiger partial charge in [-0.05, 0) is 19.2 Å². The Kier molecular flexibility index (Phi) is 1.87. The van der Waals surface area contributed by atoms with Crippen LogP contribution in [0.5, 0.6) is 0 Å². The third-order valence-corrected chi connectivity index (χ3v) is 1.99. The topological polar surface area (TPSA) is 36.1 Å². The molecule has 0 aromatic heterocycles. The van der Waals surface area contributed by atoms with Crippen LogP contribution in [0.25, 0.3) is 0 Å². The summed E-state index contributed by atoms with van der Waals surface area (Å²) in [6, 6.07) is 8.24. The Morgan fingerprint density at radius 1 is 1.25 bits per heavy atom. The van der Waals surface area contributed by atoms with Crippen LogP contribution >= 0.6 is 0 Å². The second kappa shape index (κ2) is 3.03. The Hall–Kier alpha value is -1.22. The van der Waals surface area contributed by atoms with Gasteiger partial charge in [0, 0.05) is 6.54 Å². The molecule has 1 aliphatic rings. The van der Waals surface area contributed by atoms with E-state index in [4.69, 9.17) is 0 Å². The molecule has 3 N–H and O–H groups in total. The minimum atomic E-state index is 0.326. The van der Waals surface area contributed by atoms with Crippen molar-refractivity contribution < 1.29 is 0 Å². The van der Waals surface area contributed by atoms with E-state index >= 15 is 0 Å². The van der Waals surface area contributed by atoms with E-state index in [2.05, 4.69) is 28.1 Å². The van der Waals surface area contributed by atoms with Crippen LogP contribution in [0, 0.1) is 0 Å². The third kappa shape index (κ3) is 1.23. The van der Waals surface area contributed by atoms with Crippen LogP contribution in [0.3, 0.4) is 0 Å². The zero-order valence-electron chi connectivity index (χ0n) is 7.09. The zero-order valence-corrected chi connectivity index (χ0v) is 7.09. The highest BCUT2D eigenvalue weighted by atomic mass is 15.2. The Balaban J connectivity index is 2.11. The average molecular weight is 163 g/mol.